The minimum atomic E-state index is -0.628. The fraction of sp³-hybridized carbons (Fsp3) is 0.273. The number of benzene rings is 2. The van der Waals surface area contributed by atoms with E-state index in [9.17, 15) is 14.4 Å². The summed E-state index contributed by atoms with van der Waals surface area (Å²) >= 11 is 0. The highest BCUT2D eigenvalue weighted by Crippen LogP contribution is 2.17. The molecule has 0 aliphatic rings. The van der Waals surface area contributed by atoms with Crippen LogP contribution in [0.2, 0.25) is 0 Å². The molecule has 29 heavy (non-hydrogen) atoms. The van der Waals surface area contributed by atoms with E-state index in [1.54, 1.807) is 29.7 Å². The van der Waals surface area contributed by atoms with Gasteiger partial charge in [0.2, 0.25) is 0 Å². The largest absolute Gasteiger partial charge is 0.452 e. The van der Waals surface area contributed by atoms with Gasteiger partial charge in [-0.05, 0) is 63.1 Å². The molecule has 7 heteroatoms. The molecule has 0 bridgehead atoms. The van der Waals surface area contributed by atoms with Crippen LogP contribution in [0.3, 0.4) is 0 Å². The number of hydrogen-bond acceptors (Lipinski definition) is 5. The van der Waals surface area contributed by atoms with E-state index < -0.39 is 18.5 Å². The summed E-state index contributed by atoms with van der Waals surface area (Å²) in [5.74, 6) is -1.04. The number of nitrogens with one attached hydrogen (secondary N) is 1. The van der Waals surface area contributed by atoms with Crippen LogP contribution in [0.4, 0.5) is 5.69 Å². The second kappa shape index (κ2) is 8.26. The van der Waals surface area contributed by atoms with Gasteiger partial charge in [0, 0.05) is 12.2 Å². The Morgan fingerprint density at radius 1 is 1.10 bits per heavy atom. The Balaban J connectivity index is 1.73. The molecule has 0 aliphatic heterocycles. The number of ether oxygens (including phenoxy) is 1. The predicted octanol–water partition coefficient (Wildman–Crippen LogP) is 3.14. The van der Waals surface area contributed by atoms with Crippen LogP contribution in [0.1, 0.15) is 34.1 Å². The van der Waals surface area contributed by atoms with Gasteiger partial charge in [0.05, 0.1) is 16.6 Å². The Bertz CT molecular complexity index is 1160. The van der Waals surface area contributed by atoms with Crippen molar-refractivity contribution in [3.8, 4) is 0 Å². The summed E-state index contributed by atoms with van der Waals surface area (Å²) in [7, 11) is 0. The third kappa shape index (κ3) is 4.34. The minimum Gasteiger partial charge on any atom is -0.452 e. The normalized spacial score (nSPS) is 10.8. The lowest BCUT2D eigenvalue weighted by Gasteiger charge is -2.11. The van der Waals surface area contributed by atoms with Crippen LogP contribution in [0, 0.1) is 20.8 Å². The maximum atomic E-state index is 12.4. The molecule has 0 fully saturated rings. The number of amides is 1. The summed E-state index contributed by atoms with van der Waals surface area (Å²) < 4.78 is 6.75. The van der Waals surface area contributed by atoms with Crippen molar-refractivity contribution in [3.63, 3.8) is 0 Å². The van der Waals surface area contributed by atoms with E-state index in [0.29, 0.717) is 29.0 Å². The average Bonchev–Trinajstić information content (AvgIpc) is 2.69. The van der Waals surface area contributed by atoms with Crippen LogP contribution in [0.25, 0.3) is 11.0 Å². The zero-order valence-electron chi connectivity index (χ0n) is 16.9. The average molecular weight is 393 g/mol. The molecule has 0 atom stereocenters. The maximum Gasteiger partial charge on any atom is 0.338 e. The molecule has 3 rings (SSSR count). The summed E-state index contributed by atoms with van der Waals surface area (Å²) in [6.07, 6.45) is 0. The van der Waals surface area contributed by atoms with Gasteiger partial charge in [0.15, 0.2) is 6.61 Å². The Morgan fingerprint density at radius 2 is 1.86 bits per heavy atom. The molecule has 1 amide bonds. The fourth-order valence-electron chi connectivity index (χ4n) is 3.09. The van der Waals surface area contributed by atoms with Gasteiger partial charge < -0.3 is 14.6 Å². The van der Waals surface area contributed by atoms with Crippen molar-refractivity contribution >= 4 is 28.6 Å². The number of fused-ring (bicyclic) bond motifs is 1. The van der Waals surface area contributed by atoms with Gasteiger partial charge in [0.1, 0.15) is 5.69 Å². The number of aryl methyl sites for hydroxylation is 4. The molecular formula is C22H23N3O4. The van der Waals surface area contributed by atoms with Crippen LogP contribution in [0.5, 0.6) is 0 Å². The number of hydrogen-bond donors (Lipinski definition) is 1. The van der Waals surface area contributed by atoms with Gasteiger partial charge in [-0.2, -0.15) is 0 Å². The molecule has 2 aromatic carbocycles. The predicted molar refractivity (Wildman–Crippen MR) is 111 cm³/mol. The lowest BCUT2D eigenvalue weighted by Crippen LogP contribution is -2.23. The van der Waals surface area contributed by atoms with Crippen molar-refractivity contribution < 1.29 is 14.3 Å². The molecule has 0 unspecified atom stereocenters. The molecule has 1 heterocycles. The first-order chi connectivity index (χ1) is 13.8. The topological polar surface area (TPSA) is 90.3 Å². The van der Waals surface area contributed by atoms with Gasteiger partial charge in [-0.15, -0.1) is 0 Å². The monoisotopic (exact) mass is 393 g/mol. The maximum absolute atomic E-state index is 12.4. The van der Waals surface area contributed by atoms with Crippen LogP contribution >= 0.6 is 0 Å². The van der Waals surface area contributed by atoms with E-state index in [0.717, 1.165) is 11.1 Å². The molecule has 0 saturated heterocycles. The van der Waals surface area contributed by atoms with Gasteiger partial charge in [0.25, 0.3) is 11.5 Å². The van der Waals surface area contributed by atoms with E-state index in [1.807, 2.05) is 39.0 Å². The van der Waals surface area contributed by atoms with E-state index >= 15 is 0 Å². The number of esters is 1. The van der Waals surface area contributed by atoms with Gasteiger partial charge >= 0.3 is 5.97 Å². The summed E-state index contributed by atoms with van der Waals surface area (Å²) in [4.78, 5) is 41.0. The summed E-state index contributed by atoms with van der Waals surface area (Å²) in [5, 5.41) is 2.75. The van der Waals surface area contributed by atoms with Crippen LogP contribution in [0.15, 0.2) is 41.2 Å². The Morgan fingerprint density at radius 3 is 2.59 bits per heavy atom. The summed E-state index contributed by atoms with van der Waals surface area (Å²) in [6.45, 7) is 7.43. The summed E-state index contributed by atoms with van der Waals surface area (Å²) in [6, 6.07) is 10.5. The molecule has 1 N–H and O–H groups in total. The Labute approximate surface area is 168 Å². The number of anilines is 1. The zero-order chi connectivity index (χ0) is 21.1. The second-order valence-corrected chi connectivity index (χ2v) is 6.89. The van der Waals surface area contributed by atoms with Crippen molar-refractivity contribution in [2.75, 3.05) is 11.9 Å². The van der Waals surface area contributed by atoms with Gasteiger partial charge in [-0.1, -0.05) is 12.1 Å². The van der Waals surface area contributed by atoms with E-state index in [4.69, 9.17) is 4.74 Å². The van der Waals surface area contributed by atoms with Crippen LogP contribution < -0.4 is 10.9 Å². The lowest BCUT2D eigenvalue weighted by molar-refractivity contribution is -0.119. The molecule has 0 saturated carbocycles. The molecular weight excluding hydrogens is 370 g/mol. The van der Waals surface area contributed by atoms with Crippen molar-refractivity contribution in [1.29, 1.82) is 0 Å². The van der Waals surface area contributed by atoms with E-state index in [2.05, 4.69) is 10.3 Å². The van der Waals surface area contributed by atoms with E-state index in [-0.39, 0.29) is 11.1 Å². The lowest BCUT2D eigenvalue weighted by atomic mass is 10.1. The third-order valence-electron chi connectivity index (χ3n) is 4.66. The molecule has 0 radical (unpaired) electrons. The smallest absolute Gasteiger partial charge is 0.338 e. The molecule has 0 spiro atoms. The molecule has 150 valence electrons. The van der Waals surface area contributed by atoms with Crippen molar-refractivity contribution in [2.24, 2.45) is 0 Å². The first kappa shape index (κ1) is 20.3. The number of carbonyl (C=O) groups is 2. The molecule has 0 aliphatic carbocycles. The molecule has 7 nitrogen and oxygen atoms in total. The van der Waals surface area contributed by atoms with E-state index in [1.165, 1.54) is 0 Å². The Hall–Kier alpha value is -3.48. The minimum absolute atomic E-state index is 0.154. The quantitative estimate of drug-likeness (QED) is 0.673. The summed E-state index contributed by atoms with van der Waals surface area (Å²) in [5.41, 5.74) is 4.28. The standard InChI is InChI=1S/C22H23N3O4/c1-5-25-19-9-8-16(11-18(19)23-15(4)21(25)27)22(28)29-12-20(26)24-17-10-13(2)6-7-14(17)3/h6-11H,5,12H2,1-4H3,(H,24,26). The van der Waals surface area contributed by atoms with Crippen molar-refractivity contribution in [3.05, 3.63) is 69.1 Å². The van der Waals surface area contributed by atoms with Crippen LogP contribution in [-0.4, -0.2) is 28.0 Å². The highest BCUT2D eigenvalue weighted by molar-refractivity contribution is 5.97. The molecule has 3 aromatic rings. The second-order valence-electron chi connectivity index (χ2n) is 6.89. The number of rotatable bonds is 5. The number of aromatic nitrogens is 2. The molecule has 1 aromatic heterocycles. The fourth-order valence-corrected chi connectivity index (χ4v) is 3.09. The highest BCUT2D eigenvalue weighted by atomic mass is 16.5. The zero-order valence-corrected chi connectivity index (χ0v) is 16.9. The first-order valence-corrected chi connectivity index (χ1v) is 9.35. The van der Waals surface area contributed by atoms with Gasteiger partial charge in [-0.25, -0.2) is 9.78 Å². The van der Waals surface area contributed by atoms with Crippen LogP contribution in [-0.2, 0) is 16.1 Å². The number of nitrogens with zero attached hydrogens (tertiary/aromatic N) is 2. The van der Waals surface area contributed by atoms with Crippen molar-refractivity contribution in [2.45, 2.75) is 34.2 Å². The SMILES string of the molecule is CCn1c(=O)c(C)nc2cc(C(=O)OCC(=O)Nc3cc(C)ccc3C)ccc21. The third-order valence-corrected chi connectivity index (χ3v) is 4.66. The van der Waals surface area contributed by atoms with Crippen molar-refractivity contribution in [1.82, 2.24) is 9.55 Å². The van der Waals surface area contributed by atoms with Gasteiger partial charge in [-0.3, -0.25) is 9.59 Å². The Kier molecular flexibility index (Phi) is 5.77. The highest BCUT2D eigenvalue weighted by Gasteiger charge is 2.14. The number of carbonyl (C=O) groups excluding carboxylic acids is 2. The first-order valence-electron chi connectivity index (χ1n) is 9.35.